The molecule has 3 nitrogen and oxygen atoms in total. The minimum Gasteiger partial charge on any atom is -0.481 e. The van der Waals surface area contributed by atoms with E-state index in [9.17, 15) is 4.79 Å². The van der Waals surface area contributed by atoms with Gasteiger partial charge in [-0.25, -0.2) is 0 Å². The minimum absolute atomic E-state index is 0.0519. The number of carbonyl (C=O) groups is 1. The molecular formula is C22H44O3. The van der Waals surface area contributed by atoms with Crippen LogP contribution in [0.25, 0.3) is 0 Å². The van der Waals surface area contributed by atoms with Crippen LogP contribution in [0.4, 0.5) is 0 Å². The van der Waals surface area contributed by atoms with Crippen LogP contribution in [0.2, 0.25) is 0 Å². The van der Waals surface area contributed by atoms with Gasteiger partial charge in [0.2, 0.25) is 0 Å². The first-order valence-corrected chi connectivity index (χ1v) is 10.7. The topological polar surface area (TPSA) is 46.5 Å². The lowest BCUT2D eigenvalue weighted by atomic mass is 10.0. The molecule has 0 aliphatic rings. The third-order valence-electron chi connectivity index (χ3n) is 4.57. The summed E-state index contributed by atoms with van der Waals surface area (Å²) < 4.78 is 6.27. The van der Waals surface area contributed by atoms with Crippen molar-refractivity contribution < 1.29 is 14.6 Å². The summed E-state index contributed by atoms with van der Waals surface area (Å²) in [5.41, 5.74) is -0.0519. The molecule has 0 radical (unpaired) electrons. The van der Waals surface area contributed by atoms with Crippen molar-refractivity contribution in [1.29, 1.82) is 0 Å². The minimum atomic E-state index is -0.670. The second-order valence-corrected chi connectivity index (χ2v) is 8.46. The molecule has 0 aliphatic carbocycles. The Bertz CT molecular complexity index is 307. The van der Waals surface area contributed by atoms with E-state index in [-0.39, 0.29) is 5.60 Å². The fourth-order valence-corrected chi connectivity index (χ4v) is 3.27. The quantitative estimate of drug-likeness (QED) is 0.282. The molecule has 0 amide bonds. The number of aliphatic carboxylic acids is 1. The number of hydrogen-bond donors (Lipinski definition) is 1. The normalized spacial score (nSPS) is 13.1. The Hall–Kier alpha value is -0.570. The van der Waals surface area contributed by atoms with Crippen molar-refractivity contribution in [3.63, 3.8) is 0 Å². The number of hydrogen-bond acceptors (Lipinski definition) is 2. The lowest BCUT2D eigenvalue weighted by Gasteiger charge is -2.28. The van der Waals surface area contributed by atoms with Crippen molar-refractivity contribution >= 4 is 5.97 Å². The fraction of sp³-hybridized carbons (Fsp3) is 0.955. The van der Waals surface area contributed by atoms with Crippen molar-refractivity contribution in [3.05, 3.63) is 0 Å². The summed E-state index contributed by atoms with van der Waals surface area (Å²) in [5.74, 6) is -0.670. The second-order valence-electron chi connectivity index (χ2n) is 8.46. The van der Waals surface area contributed by atoms with Crippen LogP contribution < -0.4 is 0 Å². The smallest absolute Gasteiger partial charge is 0.303 e. The Balaban J connectivity index is 3.78. The van der Waals surface area contributed by atoms with Crippen LogP contribution in [0.3, 0.4) is 0 Å². The lowest BCUT2D eigenvalue weighted by Crippen LogP contribution is -2.27. The molecule has 0 fully saturated rings. The van der Waals surface area contributed by atoms with Crippen molar-refractivity contribution in [2.45, 2.75) is 136 Å². The summed E-state index contributed by atoms with van der Waals surface area (Å²) in [7, 11) is 0. The van der Waals surface area contributed by atoms with E-state index in [1.165, 1.54) is 70.6 Å². The highest BCUT2D eigenvalue weighted by Crippen LogP contribution is 2.21. The van der Waals surface area contributed by atoms with Crippen molar-refractivity contribution in [2.24, 2.45) is 0 Å². The van der Waals surface area contributed by atoms with Gasteiger partial charge in [0.25, 0.3) is 0 Å². The molecule has 3 heteroatoms. The van der Waals surface area contributed by atoms with E-state index >= 15 is 0 Å². The Morgan fingerprint density at radius 3 is 1.68 bits per heavy atom. The zero-order valence-electron chi connectivity index (χ0n) is 17.4. The maximum Gasteiger partial charge on any atom is 0.303 e. The molecule has 0 rings (SSSR count). The molecule has 1 unspecified atom stereocenters. The Morgan fingerprint density at radius 2 is 1.24 bits per heavy atom. The summed E-state index contributed by atoms with van der Waals surface area (Å²) >= 11 is 0. The van der Waals surface area contributed by atoms with Gasteiger partial charge in [-0.2, -0.15) is 0 Å². The maximum atomic E-state index is 10.5. The average molecular weight is 357 g/mol. The molecule has 1 N–H and O–H groups in total. The van der Waals surface area contributed by atoms with Gasteiger partial charge in [0, 0.05) is 6.42 Å². The zero-order chi connectivity index (χ0) is 19.0. The van der Waals surface area contributed by atoms with E-state index in [4.69, 9.17) is 9.84 Å². The lowest BCUT2D eigenvalue weighted by molar-refractivity contribution is -0.137. The van der Waals surface area contributed by atoms with Crippen LogP contribution in [0.1, 0.15) is 124 Å². The summed E-state index contributed by atoms with van der Waals surface area (Å²) in [5, 5.41) is 8.63. The molecule has 1 atom stereocenters. The van der Waals surface area contributed by atoms with Gasteiger partial charge in [-0.05, 0) is 40.0 Å². The predicted molar refractivity (Wildman–Crippen MR) is 107 cm³/mol. The van der Waals surface area contributed by atoms with Gasteiger partial charge in [-0.3, -0.25) is 4.79 Å². The number of carboxylic acid groups (broad SMARTS) is 1. The van der Waals surface area contributed by atoms with Crippen molar-refractivity contribution in [1.82, 2.24) is 0 Å². The first-order chi connectivity index (χ1) is 11.8. The highest BCUT2D eigenvalue weighted by Gasteiger charge is 2.18. The van der Waals surface area contributed by atoms with Crippen molar-refractivity contribution in [3.8, 4) is 0 Å². The van der Waals surface area contributed by atoms with E-state index in [1.54, 1.807) is 0 Å². The largest absolute Gasteiger partial charge is 0.481 e. The SMILES string of the molecule is CCCCCCCCC(CCCCCCCCC(=O)O)OC(C)(C)C. The molecule has 0 spiro atoms. The molecule has 0 saturated carbocycles. The molecule has 0 aromatic carbocycles. The van der Waals surface area contributed by atoms with E-state index < -0.39 is 5.97 Å². The number of rotatable bonds is 17. The first kappa shape index (κ1) is 24.4. The molecule has 150 valence electrons. The van der Waals surface area contributed by atoms with Gasteiger partial charge in [0.05, 0.1) is 11.7 Å². The van der Waals surface area contributed by atoms with Gasteiger partial charge in [0.15, 0.2) is 0 Å². The van der Waals surface area contributed by atoms with E-state index in [0.717, 1.165) is 19.3 Å². The Kier molecular flexibility index (Phi) is 15.3. The molecule has 0 bridgehead atoms. The third-order valence-corrected chi connectivity index (χ3v) is 4.57. The highest BCUT2D eigenvalue weighted by atomic mass is 16.5. The Labute approximate surface area is 156 Å². The summed E-state index contributed by atoms with van der Waals surface area (Å²) in [6, 6.07) is 0. The fourth-order valence-electron chi connectivity index (χ4n) is 3.27. The van der Waals surface area contributed by atoms with E-state index in [1.807, 2.05) is 0 Å². The van der Waals surface area contributed by atoms with Crippen molar-refractivity contribution in [2.75, 3.05) is 0 Å². The maximum absolute atomic E-state index is 10.5. The Morgan fingerprint density at radius 1 is 0.800 bits per heavy atom. The zero-order valence-corrected chi connectivity index (χ0v) is 17.4. The highest BCUT2D eigenvalue weighted by molar-refractivity contribution is 5.66. The van der Waals surface area contributed by atoms with Gasteiger partial charge in [0.1, 0.15) is 0 Å². The molecular weight excluding hydrogens is 312 g/mol. The number of ether oxygens (including phenoxy) is 1. The second kappa shape index (κ2) is 15.7. The third kappa shape index (κ3) is 19.6. The van der Waals surface area contributed by atoms with Crippen LogP contribution in [0.15, 0.2) is 0 Å². The number of carboxylic acids is 1. The van der Waals surface area contributed by atoms with Gasteiger partial charge < -0.3 is 9.84 Å². The summed E-state index contributed by atoms with van der Waals surface area (Å²) in [6.07, 6.45) is 17.9. The molecule has 0 aliphatic heterocycles. The predicted octanol–water partition coefficient (Wildman–Crippen LogP) is 7.13. The molecule has 0 heterocycles. The summed E-state index contributed by atoms with van der Waals surface area (Å²) in [6.45, 7) is 8.73. The van der Waals surface area contributed by atoms with Crippen LogP contribution >= 0.6 is 0 Å². The van der Waals surface area contributed by atoms with Gasteiger partial charge >= 0.3 is 5.97 Å². The van der Waals surface area contributed by atoms with Crippen LogP contribution in [0, 0.1) is 0 Å². The van der Waals surface area contributed by atoms with E-state index in [0.29, 0.717) is 12.5 Å². The van der Waals surface area contributed by atoms with Crippen LogP contribution in [-0.4, -0.2) is 22.8 Å². The molecule has 0 saturated heterocycles. The molecule has 0 aromatic rings. The standard InChI is InChI=1S/C22H44O3/c1-5-6-7-8-11-14-17-20(25-22(2,3)4)18-15-12-9-10-13-16-19-21(23)24/h20H,5-19H2,1-4H3,(H,23,24). The molecule has 25 heavy (non-hydrogen) atoms. The van der Waals surface area contributed by atoms with Crippen LogP contribution in [0.5, 0.6) is 0 Å². The molecule has 0 aromatic heterocycles. The van der Waals surface area contributed by atoms with Gasteiger partial charge in [-0.15, -0.1) is 0 Å². The first-order valence-electron chi connectivity index (χ1n) is 10.7. The van der Waals surface area contributed by atoms with E-state index in [2.05, 4.69) is 27.7 Å². The van der Waals surface area contributed by atoms with Gasteiger partial charge in [-0.1, -0.05) is 77.6 Å². The van der Waals surface area contributed by atoms with Crippen LogP contribution in [-0.2, 0) is 9.53 Å². The average Bonchev–Trinajstić information content (AvgIpc) is 2.51. The summed E-state index contributed by atoms with van der Waals surface area (Å²) in [4.78, 5) is 10.5. The monoisotopic (exact) mass is 356 g/mol. The number of unbranched alkanes of at least 4 members (excludes halogenated alkanes) is 10.